The van der Waals surface area contributed by atoms with Crippen molar-refractivity contribution in [3.8, 4) is 0 Å². The van der Waals surface area contributed by atoms with Gasteiger partial charge in [-0.15, -0.1) is 0 Å². The molecule has 11 heavy (non-hydrogen) atoms. The highest BCUT2D eigenvalue weighted by Gasteiger charge is 2.06. The van der Waals surface area contributed by atoms with Crippen molar-refractivity contribution in [2.75, 3.05) is 0 Å². The Labute approximate surface area is 72.6 Å². The lowest BCUT2D eigenvalue weighted by molar-refractivity contribution is -0.114. The van der Waals surface area contributed by atoms with Gasteiger partial charge in [0.05, 0.1) is 0 Å². The molecule has 0 bridgehead atoms. The Kier molecular flexibility index (Phi) is 3.97. The second-order valence-electron chi connectivity index (χ2n) is 2.53. The zero-order valence-corrected chi connectivity index (χ0v) is 7.90. The summed E-state index contributed by atoms with van der Waals surface area (Å²) in [5.41, 5.74) is 7.54. The summed E-state index contributed by atoms with van der Waals surface area (Å²) >= 11 is 3.89. The van der Waals surface area contributed by atoms with Crippen molar-refractivity contribution in [3.63, 3.8) is 0 Å². The fraction of sp³-hybridized carbons (Fsp3) is 0.375. The van der Waals surface area contributed by atoms with Crippen LogP contribution in [0.1, 0.15) is 20.8 Å². The minimum atomic E-state index is -0.432. The number of hydrogen-bond acceptors (Lipinski definition) is 2. The van der Waals surface area contributed by atoms with Crippen molar-refractivity contribution < 1.29 is 4.79 Å². The van der Waals surface area contributed by atoms with E-state index in [9.17, 15) is 4.79 Å². The highest BCUT2D eigenvalue weighted by atomic mass is 32.1. The zero-order valence-electron chi connectivity index (χ0n) is 7.01. The first-order valence-electron chi connectivity index (χ1n) is 3.29. The average Bonchev–Trinajstić information content (AvgIpc) is 1.88. The molecule has 0 aromatic rings. The monoisotopic (exact) mass is 171 g/mol. The molecule has 0 heterocycles. The quantitative estimate of drug-likeness (QED) is 0.370. The van der Waals surface area contributed by atoms with Crippen LogP contribution < -0.4 is 5.73 Å². The van der Waals surface area contributed by atoms with Gasteiger partial charge in [-0.1, -0.05) is 5.57 Å². The molecule has 0 aromatic heterocycles. The van der Waals surface area contributed by atoms with Gasteiger partial charge in [0.1, 0.15) is 0 Å². The summed E-state index contributed by atoms with van der Waals surface area (Å²) in [5, 5.41) is 1.44. The molecule has 0 aliphatic rings. The van der Waals surface area contributed by atoms with E-state index in [-0.39, 0.29) is 0 Å². The minimum absolute atomic E-state index is 0.432. The van der Waals surface area contributed by atoms with Crippen molar-refractivity contribution in [1.82, 2.24) is 0 Å². The van der Waals surface area contributed by atoms with Crippen molar-refractivity contribution in [2.24, 2.45) is 5.73 Å². The molecule has 0 radical (unpaired) electrons. The lowest BCUT2D eigenvalue weighted by Gasteiger charge is -2.03. The topological polar surface area (TPSA) is 43.1 Å². The van der Waals surface area contributed by atoms with Crippen LogP contribution in [0.3, 0.4) is 0 Å². The highest BCUT2D eigenvalue weighted by Crippen LogP contribution is 2.13. The van der Waals surface area contributed by atoms with Crippen LogP contribution in [0.4, 0.5) is 0 Å². The van der Waals surface area contributed by atoms with Gasteiger partial charge < -0.3 is 5.73 Å². The Balaban J connectivity index is 4.85. The van der Waals surface area contributed by atoms with Crippen molar-refractivity contribution in [1.29, 1.82) is 0 Å². The normalized spacial score (nSPS) is 11.1. The van der Waals surface area contributed by atoms with Crippen LogP contribution in [0.25, 0.3) is 0 Å². The average molecular weight is 171 g/mol. The summed E-state index contributed by atoms with van der Waals surface area (Å²) < 4.78 is 0. The Morgan fingerprint density at radius 3 is 1.91 bits per heavy atom. The number of primary amides is 1. The van der Waals surface area contributed by atoms with Crippen LogP contribution in [-0.4, -0.2) is 5.91 Å². The maximum absolute atomic E-state index is 10.7. The number of carbonyl (C=O) groups excluding carboxylic acids is 1. The maximum Gasteiger partial charge on any atom is 0.249 e. The molecule has 0 aliphatic heterocycles. The number of thiol groups is 1. The lowest BCUT2D eigenvalue weighted by Crippen LogP contribution is -2.14. The van der Waals surface area contributed by atoms with Gasteiger partial charge >= 0.3 is 0 Å². The second kappa shape index (κ2) is 4.23. The van der Waals surface area contributed by atoms with E-state index < -0.39 is 5.91 Å². The summed E-state index contributed by atoms with van der Waals surface area (Å²) in [4.78, 5) is 10.7. The molecule has 1 amide bonds. The number of nitrogens with two attached hydrogens (primary N) is 1. The summed E-state index contributed by atoms with van der Waals surface area (Å²) in [6.07, 6.45) is 0. The lowest BCUT2D eigenvalue weighted by atomic mass is 10.1. The summed E-state index contributed by atoms with van der Waals surface area (Å²) in [7, 11) is 0. The van der Waals surface area contributed by atoms with E-state index in [1.807, 2.05) is 20.8 Å². The minimum Gasteiger partial charge on any atom is -0.366 e. The second-order valence-corrected chi connectivity index (χ2v) is 2.79. The van der Waals surface area contributed by atoms with Crippen molar-refractivity contribution in [2.45, 2.75) is 20.8 Å². The summed E-state index contributed by atoms with van der Waals surface area (Å²) in [6.45, 7) is 5.70. The van der Waals surface area contributed by atoms with Gasteiger partial charge in [-0.3, -0.25) is 4.79 Å². The number of amides is 1. The standard InChI is InChI=1S/C8H13NOS/c1-5(2)6(3)7(4-11)8(9)10/h4,11H,1-3H3,(H2,9,10)/b7-4+. The number of rotatable bonds is 2. The van der Waals surface area contributed by atoms with E-state index in [0.29, 0.717) is 5.57 Å². The van der Waals surface area contributed by atoms with E-state index in [2.05, 4.69) is 12.6 Å². The smallest absolute Gasteiger partial charge is 0.249 e. The Bertz CT molecular complexity index is 224. The molecular weight excluding hydrogens is 158 g/mol. The molecule has 0 atom stereocenters. The van der Waals surface area contributed by atoms with Crippen LogP contribution >= 0.6 is 12.6 Å². The van der Waals surface area contributed by atoms with Crippen molar-refractivity contribution in [3.05, 3.63) is 22.1 Å². The molecule has 2 nitrogen and oxygen atoms in total. The molecule has 0 aliphatic carbocycles. The predicted molar refractivity (Wildman–Crippen MR) is 50.3 cm³/mol. The van der Waals surface area contributed by atoms with Gasteiger partial charge in [0.15, 0.2) is 0 Å². The van der Waals surface area contributed by atoms with Crippen LogP contribution in [0.15, 0.2) is 22.1 Å². The largest absolute Gasteiger partial charge is 0.366 e. The first kappa shape index (κ1) is 10.3. The van der Waals surface area contributed by atoms with Gasteiger partial charge in [0, 0.05) is 5.57 Å². The third-order valence-electron chi connectivity index (χ3n) is 1.55. The van der Waals surface area contributed by atoms with Gasteiger partial charge in [-0.2, -0.15) is 12.6 Å². The molecule has 0 unspecified atom stereocenters. The highest BCUT2D eigenvalue weighted by molar-refractivity contribution is 7.83. The fourth-order valence-electron chi connectivity index (χ4n) is 0.615. The molecule has 0 aromatic carbocycles. The van der Waals surface area contributed by atoms with E-state index >= 15 is 0 Å². The van der Waals surface area contributed by atoms with Crippen LogP contribution in [-0.2, 0) is 4.79 Å². The molecule has 0 spiro atoms. The first-order chi connectivity index (χ1) is 5.00. The Hall–Kier alpha value is -0.700. The molecule has 2 N–H and O–H groups in total. The Morgan fingerprint density at radius 2 is 1.82 bits per heavy atom. The number of carbonyl (C=O) groups is 1. The predicted octanol–water partition coefficient (Wildman–Crippen LogP) is 1.64. The summed E-state index contributed by atoms with van der Waals surface area (Å²) in [6, 6.07) is 0. The molecule has 3 heteroatoms. The van der Waals surface area contributed by atoms with E-state index in [4.69, 9.17) is 5.73 Å². The van der Waals surface area contributed by atoms with E-state index in [1.54, 1.807) is 0 Å². The van der Waals surface area contributed by atoms with Crippen molar-refractivity contribution >= 4 is 18.5 Å². The number of allylic oxidation sites excluding steroid dienone is 1. The molecule has 0 fully saturated rings. The zero-order chi connectivity index (χ0) is 9.02. The van der Waals surface area contributed by atoms with E-state index in [1.165, 1.54) is 5.41 Å². The van der Waals surface area contributed by atoms with Crippen LogP contribution in [0, 0.1) is 0 Å². The van der Waals surface area contributed by atoms with Gasteiger partial charge in [0.2, 0.25) is 5.91 Å². The van der Waals surface area contributed by atoms with Crippen LogP contribution in [0.5, 0.6) is 0 Å². The van der Waals surface area contributed by atoms with Gasteiger partial charge in [-0.05, 0) is 31.8 Å². The molecule has 0 saturated carbocycles. The molecule has 62 valence electrons. The third kappa shape index (κ3) is 2.80. The maximum atomic E-state index is 10.7. The third-order valence-corrected chi connectivity index (χ3v) is 1.81. The first-order valence-corrected chi connectivity index (χ1v) is 3.81. The van der Waals surface area contributed by atoms with Gasteiger partial charge in [0.25, 0.3) is 0 Å². The fourth-order valence-corrected chi connectivity index (χ4v) is 0.935. The summed E-state index contributed by atoms with van der Waals surface area (Å²) in [5.74, 6) is -0.432. The molecule has 0 rings (SSSR count). The van der Waals surface area contributed by atoms with E-state index in [0.717, 1.165) is 11.1 Å². The van der Waals surface area contributed by atoms with Crippen LogP contribution in [0.2, 0.25) is 0 Å². The SMILES string of the molecule is CC(C)=C(C)/C(=C\S)C(N)=O. The Morgan fingerprint density at radius 1 is 1.36 bits per heavy atom. The van der Waals surface area contributed by atoms with Gasteiger partial charge in [-0.25, -0.2) is 0 Å². The molecule has 0 saturated heterocycles. The number of hydrogen-bond donors (Lipinski definition) is 2. The molecular formula is C8H13NOS.